The summed E-state index contributed by atoms with van der Waals surface area (Å²) in [5.41, 5.74) is -0.519. The van der Waals surface area contributed by atoms with Crippen molar-refractivity contribution in [1.29, 1.82) is 0 Å². The van der Waals surface area contributed by atoms with Crippen LogP contribution in [0.1, 0.15) is 57.1 Å². The molecular weight excluding hydrogens is 494 g/mol. The fourth-order valence-corrected chi connectivity index (χ4v) is 7.70. The zero-order valence-electron chi connectivity index (χ0n) is 22.7. The largest absolute Gasteiger partial charge is 0.394 e. The summed E-state index contributed by atoms with van der Waals surface area (Å²) in [7, 11) is 0. The standard InChI is InChI=1S/C31H39N3O5/c1-2-17-32-18-9-15-24-25(28(32)36)26-29(37)34(23(20-35)21-11-5-3-6-12-21)27-30(38)33(22-13-7-4-8-14-22)19-10-16-31(26,27)39-24/h3,5-6,9-12,15-16,22-27,35H,2,4,7-8,13-14,17-20H2,1H3/t23-,24-,25+,26+,27?,31+/m1/s1. The molecule has 1 aromatic carbocycles. The first kappa shape index (κ1) is 26.3. The number of fused-ring (bicyclic) bond motifs is 2. The molecule has 1 aromatic rings. The van der Waals surface area contributed by atoms with Gasteiger partial charge in [0.2, 0.25) is 17.7 Å². The summed E-state index contributed by atoms with van der Waals surface area (Å²) in [5, 5.41) is 10.7. The van der Waals surface area contributed by atoms with Gasteiger partial charge in [-0.25, -0.2) is 0 Å². The Hall–Kier alpha value is -2.97. The van der Waals surface area contributed by atoms with Crippen LogP contribution in [0.4, 0.5) is 0 Å². The molecule has 0 bridgehead atoms. The van der Waals surface area contributed by atoms with Crippen molar-refractivity contribution < 1.29 is 24.2 Å². The quantitative estimate of drug-likeness (QED) is 0.568. The second kappa shape index (κ2) is 10.5. The van der Waals surface area contributed by atoms with E-state index in [4.69, 9.17) is 4.74 Å². The molecule has 1 aliphatic carbocycles. The van der Waals surface area contributed by atoms with E-state index in [2.05, 4.69) is 0 Å². The number of aliphatic hydroxyl groups is 1. The Bertz CT molecular complexity index is 1160. The van der Waals surface area contributed by atoms with Gasteiger partial charge < -0.3 is 24.5 Å². The van der Waals surface area contributed by atoms with Crippen LogP contribution in [0.15, 0.2) is 54.6 Å². The first-order valence-electron chi connectivity index (χ1n) is 14.6. The van der Waals surface area contributed by atoms with Crippen LogP contribution in [-0.2, 0) is 19.1 Å². The zero-order chi connectivity index (χ0) is 27.1. The Morgan fingerprint density at radius 3 is 2.49 bits per heavy atom. The van der Waals surface area contributed by atoms with E-state index in [0.29, 0.717) is 19.6 Å². The molecule has 8 heteroatoms. The number of amides is 3. The predicted octanol–water partition coefficient (Wildman–Crippen LogP) is 2.84. The average molecular weight is 534 g/mol. The smallest absolute Gasteiger partial charge is 0.249 e. The van der Waals surface area contributed by atoms with Crippen LogP contribution in [0, 0.1) is 11.8 Å². The van der Waals surface area contributed by atoms with Gasteiger partial charge in [0.15, 0.2) is 0 Å². The van der Waals surface area contributed by atoms with Gasteiger partial charge in [0.25, 0.3) is 0 Å². The van der Waals surface area contributed by atoms with E-state index >= 15 is 0 Å². The van der Waals surface area contributed by atoms with Crippen LogP contribution < -0.4 is 0 Å². The van der Waals surface area contributed by atoms with Crippen molar-refractivity contribution in [3.8, 4) is 0 Å². The minimum absolute atomic E-state index is 0.0998. The first-order valence-corrected chi connectivity index (χ1v) is 14.6. The highest BCUT2D eigenvalue weighted by Gasteiger charge is 2.72. The molecule has 1 unspecified atom stereocenters. The Balaban J connectivity index is 1.47. The maximum absolute atomic E-state index is 14.6. The lowest BCUT2D eigenvalue weighted by Gasteiger charge is -2.41. The van der Waals surface area contributed by atoms with Crippen molar-refractivity contribution in [3.63, 3.8) is 0 Å². The second-order valence-electron chi connectivity index (χ2n) is 11.6. The maximum Gasteiger partial charge on any atom is 0.249 e. The maximum atomic E-state index is 14.6. The molecule has 4 aliphatic heterocycles. The predicted molar refractivity (Wildman–Crippen MR) is 145 cm³/mol. The highest BCUT2D eigenvalue weighted by Crippen LogP contribution is 2.55. The molecule has 39 heavy (non-hydrogen) atoms. The fourth-order valence-electron chi connectivity index (χ4n) is 7.70. The minimum atomic E-state index is -1.27. The first-order chi connectivity index (χ1) is 19.0. The van der Waals surface area contributed by atoms with Crippen LogP contribution in [-0.4, -0.2) is 87.6 Å². The number of rotatable bonds is 6. The van der Waals surface area contributed by atoms with E-state index in [1.165, 1.54) is 6.42 Å². The molecule has 2 saturated heterocycles. The molecule has 208 valence electrons. The highest BCUT2D eigenvalue weighted by molar-refractivity contribution is 6.00. The van der Waals surface area contributed by atoms with E-state index < -0.39 is 35.6 Å². The molecule has 0 radical (unpaired) electrons. The summed E-state index contributed by atoms with van der Waals surface area (Å²) in [6.07, 6.45) is 13.2. The van der Waals surface area contributed by atoms with Crippen molar-refractivity contribution in [2.45, 2.75) is 75.3 Å². The van der Waals surface area contributed by atoms with Gasteiger partial charge in [-0.15, -0.1) is 0 Å². The lowest BCUT2D eigenvalue weighted by Crippen LogP contribution is -2.58. The highest BCUT2D eigenvalue weighted by atomic mass is 16.5. The van der Waals surface area contributed by atoms with Gasteiger partial charge in [-0.2, -0.15) is 0 Å². The molecule has 3 fully saturated rings. The number of nitrogens with zero attached hydrogens (tertiary/aromatic N) is 3. The molecule has 3 amide bonds. The SMILES string of the molecule is CCCN1CC=C[C@H]2O[C@]34C=CCN(C5CCCCC5)C(=O)C3N([C@H](CO)c3ccccc3)C(=O)[C@@H]4[C@H]2C1=O. The normalized spacial score (nSPS) is 33.6. The van der Waals surface area contributed by atoms with Gasteiger partial charge in [-0.1, -0.05) is 80.8 Å². The van der Waals surface area contributed by atoms with Crippen LogP contribution in [0.2, 0.25) is 0 Å². The summed E-state index contributed by atoms with van der Waals surface area (Å²) in [6, 6.07) is 7.80. The fraction of sp³-hybridized carbons (Fsp3) is 0.581. The molecule has 1 N–H and O–H groups in total. The van der Waals surface area contributed by atoms with E-state index in [9.17, 15) is 19.5 Å². The van der Waals surface area contributed by atoms with E-state index in [0.717, 1.165) is 37.7 Å². The number of carbonyl (C=O) groups is 3. The summed E-state index contributed by atoms with van der Waals surface area (Å²) in [5.74, 6) is -2.10. The molecule has 6 rings (SSSR count). The lowest BCUT2D eigenvalue weighted by atomic mass is 9.77. The number of likely N-dealkylation sites (tertiary alicyclic amines) is 1. The summed E-state index contributed by atoms with van der Waals surface area (Å²) in [4.78, 5) is 48.4. The van der Waals surface area contributed by atoms with Crippen molar-refractivity contribution in [2.75, 3.05) is 26.2 Å². The van der Waals surface area contributed by atoms with Gasteiger partial charge in [0, 0.05) is 25.7 Å². The number of aliphatic hydroxyl groups excluding tert-OH is 1. The Morgan fingerprint density at radius 2 is 1.77 bits per heavy atom. The van der Waals surface area contributed by atoms with Crippen molar-refractivity contribution in [1.82, 2.24) is 14.7 Å². The van der Waals surface area contributed by atoms with Crippen LogP contribution in [0.5, 0.6) is 0 Å². The third kappa shape index (κ3) is 4.14. The number of ether oxygens (including phenoxy) is 1. The van der Waals surface area contributed by atoms with Crippen LogP contribution >= 0.6 is 0 Å². The molecule has 4 heterocycles. The van der Waals surface area contributed by atoms with Crippen molar-refractivity contribution in [2.24, 2.45) is 11.8 Å². The van der Waals surface area contributed by atoms with Gasteiger partial charge in [-0.3, -0.25) is 14.4 Å². The second-order valence-corrected chi connectivity index (χ2v) is 11.6. The summed E-state index contributed by atoms with van der Waals surface area (Å²) >= 11 is 0. The number of hydrogen-bond acceptors (Lipinski definition) is 5. The van der Waals surface area contributed by atoms with Crippen molar-refractivity contribution in [3.05, 3.63) is 60.2 Å². The van der Waals surface area contributed by atoms with Gasteiger partial charge in [-0.05, 0) is 24.8 Å². The Kier molecular flexibility index (Phi) is 7.10. The number of carbonyl (C=O) groups excluding carboxylic acids is 3. The van der Waals surface area contributed by atoms with Gasteiger partial charge in [0.05, 0.1) is 30.6 Å². The average Bonchev–Trinajstić information content (AvgIpc) is 3.28. The monoisotopic (exact) mass is 533 g/mol. The summed E-state index contributed by atoms with van der Waals surface area (Å²) in [6.45, 7) is 3.23. The molecule has 1 spiro atoms. The lowest BCUT2D eigenvalue weighted by molar-refractivity contribution is -0.153. The van der Waals surface area contributed by atoms with Crippen LogP contribution in [0.3, 0.4) is 0 Å². The Labute approximate surface area is 230 Å². The third-order valence-corrected chi connectivity index (χ3v) is 9.41. The summed E-state index contributed by atoms with van der Waals surface area (Å²) < 4.78 is 6.76. The van der Waals surface area contributed by atoms with Gasteiger partial charge in [0.1, 0.15) is 11.6 Å². The molecular formula is C31H39N3O5. The number of benzene rings is 1. The van der Waals surface area contributed by atoms with E-state index in [-0.39, 0.29) is 30.4 Å². The molecule has 6 atom stereocenters. The molecule has 5 aliphatic rings. The van der Waals surface area contributed by atoms with Gasteiger partial charge >= 0.3 is 0 Å². The minimum Gasteiger partial charge on any atom is -0.394 e. The third-order valence-electron chi connectivity index (χ3n) is 9.41. The molecule has 1 saturated carbocycles. The number of hydrogen-bond donors (Lipinski definition) is 1. The Morgan fingerprint density at radius 1 is 1.00 bits per heavy atom. The van der Waals surface area contributed by atoms with Crippen molar-refractivity contribution >= 4 is 17.7 Å². The van der Waals surface area contributed by atoms with Crippen LogP contribution in [0.25, 0.3) is 0 Å². The topological polar surface area (TPSA) is 90.4 Å². The molecule has 8 nitrogen and oxygen atoms in total. The van der Waals surface area contributed by atoms with E-state index in [1.807, 2.05) is 66.5 Å². The van der Waals surface area contributed by atoms with E-state index in [1.54, 1.807) is 9.80 Å². The molecule has 0 aromatic heterocycles. The zero-order valence-corrected chi connectivity index (χ0v) is 22.7.